The van der Waals surface area contributed by atoms with Gasteiger partial charge in [0, 0.05) is 36.7 Å². The SMILES string of the molecule is CCC(=O)c1cc(C(C)(c2cccc(C(=O)Cc3ccc(-c4ccc(NC(=O)c5cc(C(C)(c6ccc7c(c6)C(=O)N(c6ccc(-c8ccc(N9C(=O)c%10ccc(C(C)(c%11ccc%12c(c%11)C(=O)N(C)C%12=O)C(F)(F)F)cc%10C9=O)cc8)cc6)C7=O)C(F)(F)F)ccc5C(=O)O)cc4)cc3)c2)C(F)(F)F)ccc1C(=O)O. The summed E-state index contributed by atoms with van der Waals surface area (Å²) >= 11 is 0. The third kappa shape index (κ3) is 12.4. The molecule has 26 heteroatoms. The second-order valence-corrected chi connectivity index (χ2v) is 27.1. The molecule has 0 fully saturated rings. The van der Waals surface area contributed by atoms with Crippen LogP contribution in [0, 0.1) is 0 Å². The fraction of sp³-hybridized carbons (Fsp3) is 0.155. The first-order valence-electron chi connectivity index (χ1n) is 33.7. The van der Waals surface area contributed by atoms with E-state index in [2.05, 4.69) is 5.32 Å². The number of imide groups is 3. The van der Waals surface area contributed by atoms with Crippen molar-refractivity contribution in [3.8, 4) is 22.3 Å². The highest BCUT2D eigenvalue weighted by atomic mass is 19.4. The van der Waals surface area contributed by atoms with Gasteiger partial charge in [-0.05, 0) is 185 Å². The van der Waals surface area contributed by atoms with Crippen molar-refractivity contribution in [2.75, 3.05) is 22.2 Å². The highest BCUT2D eigenvalue weighted by molar-refractivity contribution is 6.35. The summed E-state index contributed by atoms with van der Waals surface area (Å²) in [6.07, 6.45) is -15.6. The van der Waals surface area contributed by atoms with Gasteiger partial charge in [0.15, 0.2) is 11.6 Å². The Bertz CT molecular complexity index is 5660. The van der Waals surface area contributed by atoms with Gasteiger partial charge in [-0.15, -0.1) is 0 Å². The molecule has 3 aliphatic rings. The number of hydrogen-bond acceptors (Lipinski definition) is 11. The Morgan fingerprint density at radius 1 is 0.364 bits per heavy atom. The number of Topliss-reactive ketones (excluding diaryl/α,β-unsaturated/α-hetero) is 2. The molecule has 3 atom stereocenters. The minimum atomic E-state index is -5.21. The zero-order valence-corrected chi connectivity index (χ0v) is 58.2. The van der Waals surface area contributed by atoms with Crippen LogP contribution < -0.4 is 15.1 Å². The Morgan fingerprint density at radius 3 is 1.11 bits per heavy atom. The number of nitrogens with zero attached hydrogens (tertiary/aromatic N) is 3. The maximum atomic E-state index is 15.8. The first kappa shape index (κ1) is 75.0. The summed E-state index contributed by atoms with van der Waals surface area (Å²) in [7, 11) is 1.20. The minimum absolute atomic E-state index is 0.00526. The van der Waals surface area contributed by atoms with Crippen LogP contribution in [0.25, 0.3) is 22.3 Å². The summed E-state index contributed by atoms with van der Waals surface area (Å²) in [5.41, 5.74) is -12.4. The third-order valence-electron chi connectivity index (χ3n) is 21.0. The number of carbonyl (C=O) groups excluding carboxylic acids is 9. The average molecular weight is 1500 g/mol. The summed E-state index contributed by atoms with van der Waals surface area (Å²) in [6.45, 7) is 3.94. The molecule has 10 aromatic rings. The molecule has 0 saturated heterocycles. The molecule has 3 unspecified atom stereocenters. The topological polar surface area (TPSA) is 250 Å². The fourth-order valence-electron chi connectivity index (χ4n) is 14.1. The maximum Gasteiger partial charge on any atom is 0.402 e. The molecule has 0 radical (unpaired) electrons. The van der Waals surface area contributed by atoms with E-state index in [9.17, 15) is 63.0 Å². The summed E-state index contributed by atoms with van der Waals surface area (Å²) in [4.78, 5) is 149. The van der Waals surface area contributed by atoms with Gasteiger partial charge in [-0.2, -0.15) is 39.5 Å². The van der Waals surface area contributed by atoms with Crippen molar-refractivity contribution in [2.45, 2.75) is 75.3 Å². The number of aromatic carboxylic acids is 2. The normalized spacial score (nSPS) is 15.2. The van der Waals surface area contributed by atoms with E-state index >= 15 is 39.5 Å². The zero-order valence-electron chi connectivity index (χ0n) is 58.2. The first-order valence-corrected chi connectivity index (χ1v) is 33.7. The van der Waals surface area contributed by atoms with Crippen LogP contribution in [-0.4, -0.2) is 106 Å². The molecule has 17 nitrogen and oxygen atoms in total. The van der Waals surface area contributed by atoms with Gasteiger partial charge in [-0.1, -0.05) is 116 Å². The smallest absolute Gasteiger partial charge is 0.402 e. The van der Waals surface area contributed by atoms with Gasteiger partial charge < -0.3 is 15.5 Å². The van der Waals surface area contributed by atoms with E-state index in [4.69, 9.17) is 0 Å². The molecule has 0 bridgehead atoms. The van der Waals surface area contributed by atoms with Crippen LogP contribution >= 0.6 is 0 Å². The number of ketones is 2. The molecule has 3 N–H and O–H groups in total. The number of fused-ring (bicyclic) bond motifs is 3. The molecule has 0 aromatic heterocycles. The van der Waals surface area contributed by atoms with Gasteiger partial charge in [-0.25, -0.2) is 19.4 Å². The Balaban J connectivity index is 0.677. The van der Waals surface area contributed by atoms with E-state index in [-0.39, 0.29) is 74.4 Å². The van der Waals surface area contributed by atoms with E-state index in [1.807, 2.05) is 0 Å². The number of benzene rings is 10. The van der Waals surface area contributed by atoms with Crippen LogP contribution in [0.1, 0.15) is 187 Å². The van der Waals surface area contributed by atoms with E-state index in [0.29, 0.717) is 27.8 Å². The van der Waals surface area contributed by atoms with Gasteiger partial charge in [0.05, 0.1) is 61.4 Å². The monoisotopic (exact) mass is 1500 g/mol. The average Bonchev–Trinajstić information content (AvgIpc) is 1.76. The molecule has 0 spiro atoms. The molecule has 10 aromatic carbocycles. The van der Waals surface area contributed by atoms with Gasteiger partial charge in [0.25, 0.3) is 41.4 Å². The predicted molar refractivity (Wildman–Crippen MR) is 383 cm³/mol. The Hall–Kier alpha value is -13.3. The number of carbonyl (C=O) groups is 11. The maximum absolute atomic E-state index is 15.8. The van der Waals surface area contributed by atoms with Gasteiger partial charge in [-0.3, -0.25) is 48.1 Å². The van der Waals surface area contributed by atoms with Crippen LogP contribution in [0.15, 0.2) is 212 Å². The first-order chi connectivity index (χ1) is 51.8. The third-order valence-corrected chi connectivity index (χ3v) is 21.0. The molecular formula is C84H57F9N4O13. The predicted octanol–water partition coefficient (Wildman–Crippen LogP) is 17.1. The van der Waals surface area contributed by atoms with Crippen LogP contribution in [0.5, 0.6) is 0 Å². The number of carboxylic acid groups (broad SMARTS) is 2. The Morgan fingerprint density at radius 2 is 0.700 bits per heavy atom. The molecule has 0 aliphatic carbocycles. The van der Waals surface area contributed by atoms with E-state index in [1.165, 1.54) is 92.8 Å². The van der Waals surface area contributed by atoms with Crippen LogP contribution in [-0.2, 0) is 22.7 Å². The van der Waals surface area contributed by atoms with Gasteiger partial charge in [0.1, 0.15) is 16.2 Å². The van der Waals surface area contributed by atoms with Crippen LogP contribution in [0.3, 0.4) is 0 Å². The number of carboxylic acids is 2. The molecule has 3 heterocycles. The summed E-state index contributed by atoms with van der Waals surface area (Å²) in [6, 6.07) is 43.8. The molecule has 554 valence electrons. The Kier molecular flexibility index (Phi) is 18.5. The fourth-order valence-corrected chi connectivity index (χ4v) is 14.1. The molecular weight excluding hydrogens is 1440 g/mol. The minimum Gasteiger partial charge on any atom is -0.478 e. The molecule has 13 rings (SSSR count). The van der Waals surface area contributed by atoms with Crippen molar-refractivity contribution in [1.82, 2.24) is 4.90 Å². The van der Waals surface area contributed by atoms with E-state index in [0.717, 1.165) is 133 Å². The van der Waals surface area contributed by atoms with E-state index in [1.54, 1.807) is 36.4 Å². The lowest BCUT2D eigenvalue weighted by molar-refractivity contribution is -0.173. The molecule has 110 heavy (non-hydrogen) atoms. The number of amides is 7. The summed E-state index contributed by atoms with van der Waals surface area (Å²) in [5.74, 6) is -10.6. The lowest BCUT2D eigenvalue weighted by Gasteiger charge is -2.34. The number of hydrogen-bond donors (Lipinski definition) is 3. The van der Waals surface area contributed by atoms with Crippen LogP contribution in [0.4, 0.5) is 56.6 Å². The molecule has 0 saturated carbocycles. The summed E-state index contributed by atoms with van der Waals surface area (Å²) in [5, 5.41) is 22.4. The van der Waals surface area contributed by atoms with Crippen LogP contribution in [0.2, 0.25) is 0 Å². The number of halogens is 9. The standard InChI is InChI=1S/C84H57F9N4O13/c1-6-68(98)63-38-50(23-34-61(63)77(107)108)79(2,82(85,86)87)49-9-7-8-48(37-49)69(99)36-43-10-12-44(13-11-43)45-14-25-55(26-15-45)94-70(100)64-39-51(24-35-62(64)78(109)110)80(3,83(88,89)90)53-21-32-59-66(41-53)75(105)96(73(59)103)56-27-16-46(17-28-56)47-18-29-57(30-19-47)97-74(104)60-33-22-54(42-67(60)76(97)106)81(4,84(91,92)93)52-20-31-58-65(40-52)72(102)95(5)71(58)101/h7-35,37-42H,6,36H2,1-5H3,(H,94,100)(H,107,108)(H,109,110). The van der Waals surface area contributed by atoms with Crippen molar-refractivity contribution >= 4 is 81.9 Å². The number of anilines is 3. The lowest BCUT2D eigenvalue weighted by Crippen LogP contribution is -2.41. The van der Waals surface area contributed by atoms with E-state index < -0.39 is 150 Å². The Labute approximate surface area is 618 Å². The number of alkyl halides is 9. The van der Waals surface area contributed by atoms with Crippen molar-refractivity contribution in [2.24, 2.45) is 0 Å². The lowest BCUT2D eigenvalue weighted by atomic mass is 9.74. The highest BCUT2D eigenvalue weighted by Gasteiger charge is 2.57. The number of rotatable bonds is 19. The zero-order chi connectivity index (χ0) is 79.4. The second-order valence-electron chi connectivity index (χ2n) is 27.1. The van der Waals surface area contributed by atoms with Crippen molar-refractivity contribution in [3.05, 3.63) is 312 Å². The molecule has 3 aliphatic heterocycles. The van der Waals surface area contributed by atoms with Crippen molar-refractivity contribution < 1.29 is 102 Å². The largest absolute Gasteiger partial charge is 0.478 e. The van der Waals surface area contributed by atoms with Crippen molar-refractivity contribution in [3.63, 3.8) is 0 Å². The molecule has 7 amide bonds. The highest BCUT2D eigenvalue weighted by Crippen LogP contribution is 2.51. The summed E-state index contributed by atoms with van der Waals surface area (Å²) < 4.78 is 139. The second kappa shape index (κ2) is 27.2. The number of nitrogens with one attached hydrogen (secondary N) is 1. The van der Waals surface area contributed by atoms with Gasteiger partial charge in [0.2, 0.25) is 0 Å². The van der Waals surface area contributed by atoms with Crippen molar-refractivity contribution in [1.29, 1.82) is 0 Å². The quantitative estimate of drug-likeness (QED) is 0.0387. The van der Waals surface area contributed by atoms with Gasteiger partial charge >= 0.3 is 30.5 Å².